The highest BCUT2D eigenvalue weighted by Gasteiger charge is 2.17. The predicted molar refractivity (Wildman–Crippen MR) is 69.5 cm³/mol. The van der Waals surface area contributed by atoms with E-state index >= 15 is 0 Å². The maximum absolute atomic E-state index is 12.1. The third kappa shape index (κ3) is 2.99. The number of hydrogen-bond donors (Lipinski definition) is 2. The molecule has 1 aromatic carbocycles. The normalized spacial score (nSPS) is 16.8. The maximum Gasteiger partial charge on any atom is 0.251 e. The zero-order valence-corrected chi connectivity index (χ0v) is 10.7. The third-order valence-electron chi connectivity index (χ3n) is 3.19. The highest BCUT2D eigenvalue weighted by Crippen LogP contribution is 2.19. The Balaban J connectivity index is 2.06. The zero-order valence-electron chi connectivity index (χ0n) is 9.92. The topological polar surface area (TPSA) is 41.1 Å². The van der Waals surface area contributed by atoms with Crippen LogP contribution < -0.4 is 10.6 Å². The van der Waals surface area contributed by atoms with Gasteiger partial charge in [0.25, 0.3) is 5.91 Å². The average Bonchev–Trinajstić information content (AvgIpc) is 2.34. The number of piperidine rings is 1. The van der Waals surface area contributed by atoms with Gasteiger partial charge in [-0.3, -0.25) is 4.79 Å². The van der Waals surface area contributed by atoms with Gasteiger partial charge in [0, 0.05) is 16.6 Å². The SMILES string of the molecule is Cc1c(Cl)cccc1C(=O)NC1CCNCC1. The molecule has 2 rings (SSSR count). The second-order valence-corrected chi connectivity index (χ2v) is 4.82. The smallest absolute Gasteiger partial charge is 0.251 e. The third-order valence-corrected chi connectivity index (χ3v) is 3.60. The van der Waals surface area contributed by atoms with Gasteiger partial charge in [-0.25, -0.2) is 0 Å². The minimum absolute atomic E-state index is 0.0168. The van der Waals surface area contributed by atoms with E-state index in [1.54, 1.807) is 6.07 Å². The Morgan fingerprint density at radius 3 is 2.82 bits per heavy atom. The van der Waals surface area contributed by atoms with E-state index in [1.807, 2.05) is 19.1 Å². The van der Waals surface area contributed by atoms with E-state index in [0.717, 1.165) is 31.5 Å². The van der Waals surface area contributed by atoms with Gasteiger partial charge in [0.05, 0.1) is 0 Å². The number of nitrogens with one attached hydrogen (secondary N) is 2. The summed E-state index contributed by atoms with van der Waals surface area (Å²) in [6.07, 6.45) is 1.98. The van der Waals surface area contributed by atoms with Crippen molar-refractivity contribution in [3.63, 3.8) is 0 Å². The first kappa shape index (κ1) is 12.4. The zero-order chi connectivity index (χ0) is 12.3. The first-order chi connectivity index (χ1) is 8.18. The molecule has 0 saturated carbocycles. The highest BCUT2D eigenvalue weighted by molar-refractivity contribution is 6.31. The first-order valence-corrected chi connectivity index (χ1v) is 6.33. The number of carbonyl (C=O) groups is 1. The average molecular weight is 253 g/mol. The van der Waals surface area contributed by atoms with Crippen molar-refractivity contribution in [1.82, 2.24) is 10.6 Å². The summed E-state index contributed by atoms with van der Waals surface area (Å²) in [5, 5.41) is 6.98. The molecule has 0 radical (unpaired) electrons. The Bertz CT molecular complexity index is 414. The Morgan fingerprint density at radius 2 is 2.12 bits per heavy atom. The lowest BCUT2D eigenvalue weighted by Crippen LogP contribution is -2.42. The molecule has 0 spiro atoms. The van der Waals surface area contributed by atoms with Gasteiger partial charge >= 0.3 is 0 Å². The van der Waals surface area contributed by atoms with Crippen LogP contribution in [-0.2, 0) is 0 Å². The summed E-state index contributed by atoms with van der Waals surface area (Å²) in [5.74, 6) is -0.0168. The van der Waals surface area contributed by atoms with Crippen molar-refractivity contribution in [2.24, 2.45) is 0 Å². The van der Waals surface area contributed by atoms with Gasteiger partial charge in [-0.15, -0.1) is 0 Å². The maximum atomic E-state index is 12.1. The number of rotatable bonds is 2. The number of amides is 1. The number of halogens is 1. The molecule has 0 aliphatic carbocycles. The lowest BCUT2D eigenvalue weighted by molar-refractivity contribution is 0.0929. The molecule has 1 aliphatic rings. The molecular formula is C13H17ClN2O. The molecular weight excluding hydrogens is 236 g/mol. The van der Waals surface area contributed by atoms with E-state index in [1.165, 1.54) is 0 Å². The summed E-state index contributed by atoms with van der Waals surface area (Å²) < 4.78 is 0. The van der Waals surface area contributed by atoms with Crippen molar-refractivity contribution in [2.75, 3.05) is 13.1 Å². The van der Waals surface area contributed by atoms with Crippen LogP contribution in [0.2, 0.25) is 5.02 Å². The van der Waals surface area contributed by atoms with Crippen molar-refractivity contribution in [3.8, 4) is 0 Å². The van der Waals surface area contributed by atoms with Crippen LogP contribution >= 0.6 is 11.6 Å². The number of benzene rings is 1. The van der Waals surface area contributed by atoms with E-state index in [9.17, 15) is 4.79 Å². The van der Waals surface area contributed by atoms with Gasteiger partial charge in [-0.05, 0) is 50.6 Å². The standard InChI is InChI=1S/C13H17ClN2O/c1-9-11(3-2-4-12(9)14)13(17)16-10-5-7-15-8-6-10/h2-4,10,15H,5-8H2,1H3,(H,16,17). The van der Waals surface area contributed by atoms with Gasteiger partial charge in [0.2, 0.25) is 0 Å². The van der Waals surface area contributed by atoms with Gasteiger partial charge < -0.3 is 10.6 Å². The lowest BCUT2D eigenvalue weighted by atomic mass is 10.0. The van der Waals surface area contributed by atoms with Crippen LogP contribution in [0.25, 0.3) is 0 Å². The van der Waals surface area contributed by atoms with Crippen LogP contribution in [-0.4, -0.2) is 25.0 Å². The van der Waals surface area contributed by atoms with E-state index < -0.39 is 0 Å². The molecule has 0 atom stereocenters. The van der Waals surface area contributed by atoms with Crippen molar-refractivity contribution < 1.29 is 4.79 Å². The van der Waals surface area contributed by atoms with Crippen molar-refractivity contribution in [3.05, 3.63) is 34.3 Å². The summed E-state index contributed by atoms with van der Waals surface area (Å²) in [4.78, 5) is 12.1. The van der Waals surface area contributed by atoms with Crippen LogP contribution in [0.5, 0.6) is 0 Å². The molecule has 1 amide bonds. The molecule has 1 aliphatic heterocycles. The number of carbonyl (C=O) groups excluding carboxylic acids is 1. The molecule has 92 valence electrons. The predicted octanol–water partition coefficient (Wildman–Crippen LogP) is 2.13. The van der Waals surface area contributed by atoms with Crippen molar-refractivity contribution >= 4 is 17.5 Å². The minimum atomic E-state index is -0.0168. The minimum Gasteiger partial charge on any atom is -0.349 e. The van der Waals surface area contributed by atoms with Crippen molar-refractivity contribution in [1.29, 1.82) is 0 Å². The largest absolute Gasteiger partial charge is 0.349 e. The van der Waals surface area contributed by atoms with E-state index in [4.69, 9.17) is 11.6 Å². The monoisotopic (exact) mass is 252 g/mol. The van der Waals surface area contributed by atoms with Gasteiger partial charge in [0.1, 0.15) is 0 Å². The Morgan fingerprint density at radius 1 is 1.41 bits per heavy atom. The van der Waals surface area contributed by atoms with E-state index in [-0.39, 0.29) is 11.9 Å². The van der Waals surface area contributed by atoms with Crippen LogP contribution in [0.15, 0.2) is 18.2 Å². The molecule has 17 heavy (non-hydrogen) atoms. The van der Waals surface area contributed by atoms with E-state index in [0.29, 0.717) is 10.6 Å². The second kappa shape index (κ2) is 5.52. The Labute approximate surface area is 107 Å². The van der Waals surface area contributed by atoms with Crippen LogP contribution in [0.3, 0.4) is 0 Å². The summed E-state index contributed by atoms with van der Waals surface area (Å²) in [5.41, 5.74) is 1.52. The van der Waals surface area contributed by atoms with Crippen molar-refractivity contribution in [2.45, 2.75) is 25.8 Å². The Hall–Kier alpha value is -1.06. The van der Waals surface area contributed by atoms with E-state index in [2.05, 4.69) is 10.6 Å². The summed E-state index contributed by atoms with van der Waals surface area (Å²) >= 11 is 6.01. The number of hydrogen-bond acceptors (Lipinski definition) is 2. The molecule has 0 bridgehead atoms. The summed E-state index contributed by atoms with van der Waals surface area (Å²) in [7, 11) is 0. The molecule has 1 heterocycles. The second-order valence-electron chi connectivity index (χ2n) is 4.41. The van der Waals surface area contributed by atoms with Gasteiger partial charge in [0.15, 0.2) is 0 Å². The fourth-order valence-corrected chi connectivity index (χ4v) is 2.26. The molecule has 2 N–H and O–H groups in total. The van der Waals surface area contributed by atoms with Gasteiger partial charge in [-0.1, -0.05) is 17.7 Å². The fourth-order valence-electron chi connectivity index (χ4n) is 2.08. The quantitative estimate of drug-likeness (QED) is 0.847. The first-order valence-electron chi connectivity index (χ1n) is 5.95. The van der Waals surface area contributed by atoms with Gasteiger partial charge in [-0.2, -0.15) is 0 Å². The molecule has 1 saturated heterocycles. The van der Waals surface area contributed by atoms with Crippen LogP contribution in [0.1, 0.15) is 28.8 Å². The molecule has 4 heteroatoms. The molecule has 0 aromatic heterocycles. The molecule has 3 nitrogen and oxygen atoms in total. The van der Waals surface area contributed by atoms with Crippen LogP contribution in [0, 0.1) is 6.92 Å². The molecule has 1 fully saturated rings. The summed E-state index contributed by atoms with van der Waals surface area (Å²) in [6, 6.07) is 5.71. The van der Waals surface area contributed by atoms with Crippen LogP contribution in [0.4, 0.5) is 0 Å². The summed E-state index contributed by atoms with van der Waals surface area (Å²) in [6.45, 7) is 3.82. The fraction of sp³-hybridized carbons (Fsp3) is 0.462. The molecule has 0 unspecified atom stereocenters. The molecule has 1 aromatic rings. The highest BCUT2D eigenvalue weighted by atomic mass is 35.5. The lowest BCUT2D eigenvalue weighted by Gasteiger charge is -2.24. The Kier molecular flexibility index (Phi) is 4.02.